The van der Waals surface area contributed by atoms with Gasteiger partial charge in [-0.1, -0.05) is 41.9 Å². The highest BCUT2D eigenvalue weighted by Crippen LogP contribution is 2.49. The van der Waals surface area contributed by atoms with E-state index in [1.165, 1.54) is 6.26 Å². The zero-order valence-electron chi connectivity index (χ0n) is 24.2. The first kappa shape index (κ1) is 30.4. The number of carbonyl (C=O) groups is 1. The third-order valence-electron chi connectivity index (χ3n) is 8.10. The summed E-state index contributed by atoms with van der Waals surface area (Å²) in [5.74, 6) is 0.185. The molecule has 2 saturated heterocycles. The van der Waals surface area contributed by atoms with Crippen molar-refractivity contribution in [1.29, 1.82) is 0 Å². The molecule has 0 N–H and O–H groups in total. The molecule has 2 fully saturated rings. The van der Waals surface area contributed by atoms with Crippen LogP contribution in [0.4, 0.5) is 0 Å². The topological polar surface area (TPSA) is 88.0 Å². The van der Waals surface area contributed by atoms with Gasteiger partial charge in [-0.3, -0.25) is 14.6 Å². The van der Waals surface area contributed by atoms with Crippen LogP contribution in [0.1, 0.15) is 28.6 Å². The predicted octanol–water partition coefficient (Wildman–Crippen LogP) is 4.12. The van der Waals surface area contributed by atoms with Gasteiger partial charge in [-0.25, -0.2) is 13.1 Å². The van der Waals surface area contributed by atoms with Crippen LogP contribution in [-0.4, -0.2) is 104 Å². The van der Waals surface area contributed by atoms with Gasteiger partial charge in [0.2, 0.25) is 5.91 Å². The largest absolute Gasteiger partial charge is 0.378 e. The molecule has 9 nitrogen and oxygen atoms in total. The van der Waals surface area contributed by atoms with Gasteiger partial charge in [-0.05, 0) is 42.3 Å². The number of rotatable bonds is 8. The Balaban J connectivity index is 1.15. The highest BCUT2D eigenvalue weighted by atomic mass is 35.5. The third-order valence-corrected chi connectivity index (χ3v) is 10.9. The van der Waals surface area contributed by atoms with E-state index in [0.29, 0.717) is 49.3 Å². The number of para-hydroxylation sites is 1. The monoisotopic (exact) mass is 641 g/mol. The van der Waals surface area contributed by atoms with Gasteiger partial charge in [-0.15, -0.1) is 11.8 Å². The van der Waals surface area contributed by atoms with Crippen LogP contribution in [0.15, 0.2) is 65.6 Å². The van der Waals surface area contributed by atoms with E-state index in [4.69, 9.17) is 21.4 Å². The Morgan fingerprint density at radius 1 is 1.00 bits per heavy atom. The van der Waals surface area contributed by atoms with Crippen LogP contribution in [0.3, 0.4) is 0 Å². The summed E-state index contributed by atoms with van der Waals surface area (Å²) in [4.78, 5) is 20.6. The number of benzene rings is 2. The van der Waals surface area contributed by atoms with Gasteiger partial charge in [-0.2, -0.15) is 5.10 Å². The molecule has 4 heterocycles. The number of amides is 1. The number of hydrogen-bond acceptors (Lipinski definition) is 8. The normalized spacial score (nSPS) is 20.4. The molecule has 1 aromatic heterocycles. The number of sulfone groups is 1. The fraction of sp³-hybridized carbons (Fsp3) is 0.419. The van der Waals surface area contributed by atoms with Crippen LogP contribution >= 0.6 is 23.4 Å². The van der Waals surface area contributed by atoms with E-state index >= 15 is 0 Å². The van der Waals surface area contributed by atoms with E-state index in [0.717, 1.165) is 60.1 Å². The molecular formula is C31H36ClN5O4S2. The number of hydrogen-bond donors (Lipinski definition) is 0. The maximum Gasteiger partial charge on any atom is 0.236 e. The number of thioether (sulfide) groups is 1. The third kappa shape index (κ3) is 7.19. The summed E-state index contributed by atoms with van der Waals surface area (Å²) in [7, 11) is -3.29. The quantitative estimate of drug-likeness (QED) is 0.363. The van der Waals surface area contributed by atoms with Crippen LogP contribution in [-0.2, 0) is 25.9 Å². The van der Waals surface area contributed by atoms with E-state index in [1.54, 1.807) is 30.0 Å². The van der Waals surface area contributed by atoms with Gasteiger partial charge in [0, 0.05) is 57.0 Å². The molecule has 12 heteroatoms. The van der Waals surface area contributed by atoms with Gasteiger partial charge in [0.05, 0.1) is 52.0 Å². The maximum absolute atomic E-state index is 12.7. The molecule has 6 rings (SSSR count). The SMILES string of the molecule is CS(=O)(=O)c1cccc(C2=CCC(c3cc(CN4CCN(CC(=O)N5CCOCC5)CC4)nn3-c3ccccc3Cl)S2)c1. The first-order chi connectivity index (χ1) is 20.7. The summed E-state index contributed by atoms with van der Waals surface area (Å²) >= 11 is 8.37. The first-order valence-corrected chi connectivity index (χ1v) is 17.7. The van der Waals surface area contributed by atoms with E-state index in [-0.39, 0.29) is 11.2 Å². The molecule has 0 bridgehead atoms. The van der Waals surface area contributed by atoms with Crippen LogP contribution in [0, 0.1) is 0 Å². The van der Waals surface area contributed by atoms with E-state index in [1.807, 2.05) is 39.9 Å². The summed E-state index contributed by atoms with van der Waals surface area (Å²) in [6, 6.07) is 17.1. The number of aromatic nitrogens is 2. The number of ether oxygens (including phenoxy) is 1. The summed E-state index contributed by atoms with van der Waals surface area (Å²) in [6.45, 7) is 7.18. The molecular weight excluding hydrogens is 606 g/mol. The van der Waals surface area contributed by atoms with Crippen LogP contribution in [0.25, 0.3) is 10.6 Å². The van der Waals surface area contributed by atoms with Crippen molar-refractivity contribution in [1.82, 2.24) is 24.5 Å². The molecule has 43 heavy (non-hydrogen) atoms. The Morgan fingerprint density at radius 3 is 2.49 bits per heavy atom. The first-order valence-electron chi connectivity index (χ1n) is 14.6. The molecule has 2 aromatic carbocycles. The second-order valence-electron chi connectivity index (χ2n) is 11.2. The molecule has 0 spiro atoms. The fourth-order valence-corrected chi connectivity index (χ4v) is 7.84. The van der Waals surface area contributed by atoms with Crippen LogP contribution in [0.5, 0.6) is 0 Å². The molecule has 1 amide bonds. The fourth-order valence-electron chi connectivity index (χ4n) is 5.72. The van der Waals surface area contributed by atoms with Crippen molar-refractivity contribution < 1.29 is 17.9 Å². The lowest BCUT2D eigenvalue weighted by molar-refractivity contribution is -0.136. The predicted molar refractivity (Wildman–Crippen MR) is 170 cm³/mol. The van der Waals surface area contributed by atoms with Crippen LogP contribution in [0.2, 0.25) is 5.02 Å². The van der Waals surface area contributed by atoms with E-state index in [2.05, 4.69) is 21.9 Å². The summed E-state index contributed by atoms with van der Waals surface area (Å²) in [5.41, 5.74) is 3.78. The minimum Gasteiger partial charge on any atom is -0.378 e. The molecule has 1 unspecified atom stereocenters. The Kier molecular flexibility index (Phi) is 9.27. The number of halogens is 1. The zero-order valence-corrected chi connectivity index (χ0v) is 26.6. The van der Waals surface area contributed by atoms with Crippen molar-refractivity contribution in [3.63, 3.8) is 0 Å². The van der Waals surface area contributed by atoms with Crippen LogP contribution < -0.4 is 0 Å². The summed E-state index contributed by atoms with van der Waals surface area (Å²) < 4.78 is 31.6. The lowest BCUT2D eigenvalue weighted by Crippen LogP contribution is -2.51. The lowest BCUT2D eigenvalue weighted by atomic mass is 10.1. The minimum atomic E-state index is -3.29. The number of allylic oxidation sites excluding steroid dienone is 1. The molecule has 3 aliphatic rings. The molecule has 0 aliphatic carbocycles. The van der Waals surface area contributed by atoms with Crippen molar-refractivity contribution in [2.45, 2.75) is 23.1 Å². The average Bonchev–Trinajstić information content (AvgIpc) is 3.66. The highest BCUT2D eigenvalue weighted by molar-refractivity contribution is 8.08. The second-order valence-corrected chi connectivity index (χ2v) is 14.8. The van der Waals surface area contributed by atoms with Crippen molar-refractivity contribution in [3.8, 4) is 5.69 Å². The number of piperazine rings is 1. The Bertz CT molecular complexity index is 1610. The smallest absolute Gasteiger partial charge is 0.236 e. The second kappa shape index (κ2) is 13.1. The van der Waals surface area contributed by atoms with E-state index < -0.39 is 9.84 Å². The molecule has 3 aliphatic heterocycles. The number of nitrogens with zero attached hydrogens (tertiary/aromatic N) is 5. The van der Waals surface area contributed by atoms with Crippen molar-refractivity contribution in [3.05, 3.63) is 82.6 Å². The Hall–Kier alpha value is -2.67. The molecule has 0 radical (unpaired) electrons. The Labute approximate surface area is 262 Å². The highest BCUT2D eigenvalue weighted by Gasteiger charge is 2.28. The Morgan fingerprint density at radius 2 is 1.74 bits per heavy atom. The molecule has 0 saturated carbocycles. The average molecular weight is 642 g/mol. The summed E-state index contributed by atoms with van der Waals surface area (Å²) in [5, 5.41) is 5.78. The van der Waals surface area contributed by atoms with Crippen molar-refractivity contribution in [2.75, 3.05) is 65.3 Å². The zero-order chi connectivity index (χ0) is 30.0. The van der Waals surface area contributed by atoms with E-state index in [9.17, 15) is 13.2 Å². The van der Waals surface area contributed by atoms with Crippen molar-refractivity contribution >= 4 is 44.0 Å². The standard InChI is InChI=1S/C31H36ClN5O4S2/c1-43(39,40)25-6-4-5-23(19-25)29-9-10-30(42-29)28-20-24(33-37(28)27-8-3-2-7-26(27)32)21-34-11-13-35(14-12-34)22-31(38)36-15-17-41-18-16-36/h2-9,19-20,30H,10-18,21-22H2,1H3. The van der Waals surface area contributed by atoms with Gasteiger partial charge < -0.3 is 9.64 Å². The van der Waals surface area contributed by atoms with Gasteiger partial charge >= 0.3 is 0 Å². The summed E-state index contributed by atoms with van der Waals surface area (Å²) in [6.07, 6.45) is 4.21. The van der Waals surface area contributed by atoms with Gasteiger partial charge in [0.25, 0.3) is 0 Å². The van der Waals surface area contributed by atoms with Crippen molar-refractivity contribution in [2.24, 2.45) is 0 Å². The molecule has 3 aromatic rings. The number of morpholine rings is 1. The van der Waals surface area contributed by atoms with Gasteiger partial charge in [0.1, 0.15) is 0 Å². The lowest BCUT2D eigenvalue weighted by Gasteiger charge is -2.35. The molecule has 228 valence electrons. The minimum absolute atomic E-state index is 0.109. The van der Waals surface area contributed by atoms with Gasteiger partial charge in [0.15, 0.2) is 9.84 Å². The maximum atomic E-state index is 12.7. The number of carbonyl (C=O) groups excluding carboxylic acids is 1. The molecule has 1 atom stereocenters.